The highest BCUT2D eigenvalue weighted by molar-refractivity contribution is 6.62. The highest BCUT2D eigenvalue weighted by atomic mass is 16.7. The summed E-state index contributed by atoms with van der Waals surface area (Å²) in [6, 6.07) is 8.74. The SMILES string of the molecule is CCCCN(CCCC)c1ccc(B2OC(C)(C)C(C)(C)O2)cc1. The molecule has 0 aliphatic carbocycles. The third kappa shape index (κ3) is 4.34. The largest absolute Gasteiger partial charge is 0.494 e. The highest BCUT2D eigenvalue weighted by Gasteiger charge is 2.51. The van der Waals surface area contributed by atoms with E-state index in [2.05, 4.69) is 70.7 Å². The summed E-state index contributed by atoms with van der Waals surface area (Å²) in [5.41, 5.74) is 1.83. The van der Waals surface area contributed by atoms with Crippen molar-refractivity contribution in [2.75, 3.05) is 18.0 Å². The Morgan fingerprint density at radius 2 is 1.29 bits per heavy atom. The number of rotatable bonds is 8. The number of anilines is 1. The smallest absolute Gasteiger partial charge is 0.399 e. The topological polar surface area (TPSA) is 21.7 Å². The summed E-state index contributed by atoms with van der Waals surface area (Å²) in [4.78, 5) is 2.50. The Balaban J connectivity index is 2.09. The molecule has 1 fully saturated rings. The van der Waals surface area contributed by atoms with Crippen LogP contribution < -0.4 is 10.4 Å². The molecule has 2 rings (SSSR count). The van der Waals surface area contributed by atoms with Gasteiger partial charge < -0.3 is 14.2 Å². The molecule has 134 valence electrons. The summed E-state index contributed by atoms with van der Waals surface area (Å²) in [6.45, 7) is 15.1. The maximum absolute atomic E-state index is 6.14. The molecule has 1 aromatic rings. The second kappa shape index (κ2) is 7.92. The number of hydrogen-bond donors (Lipinski definition) is 0. The Hall–Kier alpha value is -0.995. The van der Waals surface area contributed by atoms with E-state index in [-0.39, 0.29) is 18.3 Å². The lowest BCUT2D eigenvalue weighted by Crippen LogP contribution is -2.41. The quantitative estimate of drug-likeness (QED) is 0.659. The van der Waals surface area contributed by atoms with Gasteiger partial charge in [-0.05, 0) is 58.1 Å². The Kier molecular flexibility index (Phi) is 6.38. The molecule has 1 aliphatic heterocycles. The third-order valence-corrected chi connectivity index (χ3v) is 5.35. The number of benzene rings is 1. The van der Waals surface area contributed by atoms with E-state index < -0.39 is 0 Å². The van der Waals surface area contributed by atoms with Crippen molar-refractivity contribution < 1.29 is 9.31 Å². The summed E-state index contributed by atoms with van der Waals surface area (Å²) in [5, 5.41) is 0. The molecule has 3 nitrogen and oxygen atoms in total. The van der Waals surface area contributed by atoms with Crippen LogP contribution in [0.25, 0.3) is 0 Å². The van der Waals surface area contributed by atoms with E-state index in [0.717, 1.165) is 18.6 Å². The van der Waals surface area contributed by atoms with Crippen LogP contribution in [0.5, 0.6) is 0 Å². The summed E-state index contributed by atoms with van der Waals surface area (Å²) < 4.78 is 12.3. The van der Waals surface area contributed by atoms with Gasteiger partial charge >= 0.3 is 7.12 Å². The fourth-order valence-electron chi connectivity index (χ4n) is 2.89. The molecular formula is C20H34BNO2. The molecule has 0 aromatic heterocycles. The molecule has 0 radical (unpaired) electrons. The van der Waals surface area contributed by atoms with Gasteiger partial charge in [-0.25, -0.2) is 0 Å². The molecule has 1 heterocycles. The van der Waals surface area contributed by atoms with Gasteiger partial charge in [0.15, 0.2) is 0 Å². The molecule has 0 N–H and O–H groups in total. The van der Waals surface area contributed by atoms with E-state index in [1.807, 2.05) is 0 Å². The molecular weight excluding hydrogens is 297 g/mol. The van der Waals surface area contributed by atoms with Crippen LogP contribution in [0.1, 0.15) is 67.2 Å². The van der Waals surface area contributed by atoms with Gasteiger partial charge in [0.05, 0.1) is 11.2 Å². The zero-order valence-corrected chi connectivity index (χ0v) is 16.4. The van der Waals surface area contributed by atoms with Crippen molar-refractivity contribution in [2.45, 2.75) is 78.4 Å². The average molecular weight is 331 g/mol. The zero-order chi connectivity index (χ0) is 17.8. The molecule has 24 heavy (non-hydrogen) atoms. The lowest BCUT2D eigenvalue weighted by molar-refractivity contribution is 0.00578. The van der Waals surface area contributed by atoms with Gasteiger partial charge in [0.25, 0.3) is 0 Å². The minimum Gasteiger partial charge on any atom is -0.399 e. The lowest BCUT2D eigenvalue weighted by Gasteiger charge is -2.32. The van der Waals surface area contributed by atoms with Gasteiger partial charge in [-0.3, -0.25) is 0 Å². The Morgan fingerprint density at radius 3 is 1.71 bits per heavy atom. The summed E-state index contributed by atoms with van der Waals surface area (Å²) in [7, 11) is -0.274. The van der Waals surface area contributed by atoms with Crippen molar-refractivity contribution in [3.8, 4) is 0 Å². The fourth-order valence-corrected chi connectivity index (χ4v) is 2.89. The van der Waals surface area contributed by atoms with Crippen LogP contribution in [0.15, 0.2) is 24.3 Å². The first kappa shape index (κ1) is 19.3. The van der Waals surface area contributed by atoms with E-state index in [1.54, 1.807) is 0 Å². The lowest BCUT2D eigenvalue weighted by atomic mass is 9.79. The zero-order valence-electron chi connectivity index (χ0n) is 16.4. The van der Waals surface area contributed by atoms with E-state index in [1.165, 1.54) is 31.4 Å². The predicted molar refractivity (Wildman–Crippen MR) is 104 cm³/mol. The van der Waals surface area contributed by atoms with Gasteiger partial charge in [0, 0.05) is 18.8 Å². The van der Waals surface area contributed by atoms with E-state index in [0.29, 0.717) is 0 Å². The van der Waals surface area contributed by atoms with Crippen molar-refractivity contribution in [3.63, 3.8) is 0 Å². The van der Waals surface area contributed by atoms with Crippen LogP contribution in [0.2, 0.25) is 0 Å². The van der Waals surface area contributed by atoms with Crippen LogP contribution >= 0.6 is 0 Å². The van der Waals surface area contributed by atoms with Gasteiger partial charge in [-0.1, -0.05) is 38.8 Å². The summed E-state index contributed by atoms with van der Waals surface area (Å²) in [6.07, 6.45) is 4.94. The number of unbranched alkanes of at least 4 members (excludes halogenated alkanes) is 2. The van der Waals surface area contributed by atoms with Gasteiger partial charge in [0.1, 0.15) is 0 Å². The standard InChI is InChI=1S/C20H34BNO2/c1-7-9-15-22(16-10-8-2)18-13-11-17(12-14-18)21-23-19(3,4)20(5,6)24-21/h11-14H,7-10,15-16H2,1-6H3. The third-order valence-electron chi connectivity index (χ3n) is 5.35. The van der Waals surface area contributed by atoms with E-state index in [4.69, 9.17) is 9.31 Å². The van der Waals surface area contributed by atoms with E-state index >= 15 is 0 Å². The molecule has 0 amide bonds. The maximum Gasteiger partial charge on any atom is 0.494 e. The van der Waals surface area contributed by atoms with Crippen LogP contribution in [-0.4, -0.2) is 31.4 Å². The second-order valence-electron chi connectivity index (χ2n) is 7.87. The molecule has 1 aliphatic rings. The van der Waals surface area contributed by atoms with Crippen LogP contribution in [-0.2, 0) is 9.31 Å². The monoisotopic (exact) mass is 331 g/mol. The Morgan fingerprint density at radius 1 is 0.833 bits per heavy atom. The molecule has 0 unspecified atom stereocenters. The Bertz CT molecular complexity index is 489. The summed E-state index contributed by atoms with van der Waals surface area (Å²) in [5.74, 6) is 0. The first-order valence-electron chi connectivity index (χ1n) is 9.51. The number of hydrogen-bond acceptors (Lipinski definition) is 3. The normalized spacial score (nSPS) is 18.8. The van der Waals surface area contributed by atoms with Crippen molar-refractivity contribution in [2.24, 2.45) is 0 Å². The Labute approximate surface area is 148 Å². The first-order chi connectivity index (χ1) is 11.3. The van der Waals surface area contributed by atoms with Crippen molar-refractivity contribution >= 4 is 18.3 Å². The van der Waals surface area contributed by atoms with Crippen molar-refractivity contribution in [1.29, 1.82) is 0 Å². The molecule has 1 aromatic carbocycles. The molecule has 0 bridgehead atoms. The molecule has 0 saturated carbocycles. The van der Waals surface area contributed by atoms with Gasteiger partial charge in [0.2, 0.25) is 0 Å². The van der Waals surface area contributed by atoms with Crippen LogP contribution in [0.4, 0.5) is 5.69 Å². The van der Waals surface area contributed by atoms with Crippen LogP contribution in [0.3, 0.4) is 0 Å². The van der Waals surface area contributed by atoms with Crippen molar-refractivity contribution in [3.05, 3.63) is 24.3 Å². The van der Waals surface area contributed by atoms with Gasteiger partial charge in [-0.15, -0.1) is 0 Å². The van der Waals surface area contributed by atoms with Crippen LogP contribution in [0, 0.1) is 0 Å². The predicted octanol–water partition coefficient (Wildman–Crippen LogP) is 4.39. The first-order valence-corrected chi connectivity index (χ1v) is 9.51. The number of nitrogens with zero attached hydrogens (tertiary/aromatic N) is 1. The van der Waals surface area contributed by atoms with Crippen molar-refractivity contribution in [1.82, 2.24) is 0 Å². The average Bonchev–Trinajstić information content (AvgIpc) is 2.76. The van der Waals surface area contributed by atoms with Gasteiger partial charge in [-0.2, -0.15) is 0 Å². The van der Waals surface area contributed by atoms with E-state index in [9.17, 15) is 0 Å². The highest BCUT2D eigenvalue weighted by Crippen LogP contribution is 2.36. The minimum atomic E-state index is -0.287. The second-order valence-corrected chi connectivity index (χ2v) is 7.87. The fraction of sp³-hybridized carbons (Fsp3) is 0.700. The molecule has 0 spiro atoms. The summed E-state index contributed by atoms with van der Waals surface area (Å²) >= 11 is 0. The maximum atomic E-state index is 6.14. The molecule has 1 saturated heterocycles. The molecule has 4 heteroatoms. The minimum absolute atomic E-state index is 0.274. The molecule has 0 atom stereocenters.